The molecule has 2 aliphatic heterocycles. The molecule has 0 atom stereocenters. The van der Waals surface area contributed by atoms with Crippen LogP contribution in [0.3, 0.4) is 0 Å². The molecule has 13 nitrogen and oxygen atoms in total. The summed E-state index contributed by atoms with van der Waals surface area (Å²) in [7, 11) is 2.17. The van der Waals surface area contributed by atoms with Crippen LogP contribution in [0, 0.1) is 5.82 Å². The van der Waals surface area contributed by atoms with Crippen molar-refractivity contribution in [1.29, 1.82) is 0 Å². The number of ether oxygens (including phenoxy) is 3. The third-order valence-electron chi connectivity index (χ3n) is 9.27. The molecule has 0 spiro atoms. The Labute approximate surface area is 305 Å². The number of rotatable bonds is 15. The summed E-state index contributed by atoms with van der Waals surface area (Å²) in [5.74, 6) is 1.64. The number of likely N-dealkylation sites (N-methyl/N-ethyl adjacent to an activating group) is 1. The molecule has 52 heavy (non-hydrogen) atoms. The zero-order chi connectivity index (χ0) is 36.5. The van der Waals surface area contributed by atoms with Crippen molar-refractivity contribution in [2.45, 2.75) is 58.2 Å². The van der Waals surface area contributed by atoms with E-state index in [1.807, 2.05) is 12.1 Å². The summed E-state index contributed by atoms with van der Waals surface area (Å²) in [6.45, 7) is 15.6. The Kier molecular flexibility index (Phi) is 12.5. The number of hydrogen-bond donors (Lipinski definition) is 3. The molecule has 2 saturated heterocycles. The van der Waals surface area contributed by atoms with Crippen molar-refractivity contribution < 1.29 is 23.4 Å². The topological polar surface area (TPSA) is 133 Å². The molecular formula is C38H52FN9O4. The van der Waals surface area contributed by atoms with Crippen LogP contribution in [0.4, 0.5) is 21.7 Å². The number of benzene rings is 2. The lowest BCUT2D eigenvalue weighted by molar-refractivity contribution is -0.115. The SMILES string of the molecule is CN1CCN(CCCOc2cc(OC3CCN(CCOC(C)(C)C)CC3)c3c(Nc4cc(CC(=O)Nc5cccc(F)c5)[nH]n4)ncnc3c2)CC1. The molecule has 4 heterocycles. The van der Waals surface area contributed by atoms with Crippen LogP contribution in [0.5, 0.6) is 11.5 Å². The van der Waals surface area contributed by atoms with Gasteiger partial charge in [0.25, 0.3) is 0 Å². The molecule has 0 saturated carbocycles. The zero-order valence-electron chi connectivity index (χ0n) is 30.8. The lowest BCUT2D eigenvalue weighted by Gasteiger charge is -2.33. The normalized spacial score (nSPS) is 16.6. The highest BCUT2D eigenvalue weighted by molar-refractivity contribution is 5.97. The molecule has 4 aromatic rings. The van der Waals surface area contributed by atoms with Gasteiger partial charge in [0.1, 0.15) is 35.6 Å². The summed E-state index contributed by atoms with van der Waals surface area (Å²) in [6, 6.07) is 11.4. The van der Waals surface area contributed by atoms with E-state index in [-0.39, 0.29) is 24.0 Å². The maximum Gasteiger partial charge on any atom is 0.230 e. The fourth-order valence-electron chi connectivity index (χ4n) is 6.44. The van der Waals surface area contributed by atoms with Crippen LogP contribution in [-0.2, 0) is 16.0 Å². The van der Waals surface area contributed by atoms with Gasteiger partial charge >= 0.3 is 0 Å². The van der Waals surface area contributed by atoms with E-state index >= 15 is 0 Å². The molecule has 280 valence electrons. The first kappa shape index (κ1) is 37.4. The van der Waals surface area contributed by atoms with Crippen molar-refractivity contribution >= 4 is 34.1 Å². The summed E-state index contributed by atoms with van der Waals surface area (Å²) in [4.78, 5) is 29.1. The molecular weight excluding hydrogens is 665 g/mol. The van der Waals surface area contributed by atoms with E-state index in [1.165, 1.54) is 18.5 Å². The van der Waals surface area contributed by atoms with Gasteiger partial charge in [0.2, 0.25) is 5.91 Å². The molecule has 0 bridgehead atoms. The van der Waals surface area contributed by atoms with Gasteiger partial charge in [0.05, 0.1) is 36.1 Å². The van der Waals surface area contributed by atoms with E-state index in [9.17, 15) is 9.18 Å². The Morgan fingerprint density at radius 3 is 2.54 bits per heavy atom. The number of aromatic amines is 1. The van der Waals surface area contributed by atoms with Gasteiger partial charge in [-0.2, -0.15) is 5.10 Å². The van der Waals surface area contributed by atoms with E-state index < -0.39 is 5.82 Å². The monoisotopic (exact) mass is 717 g/mol. The van der Waals surface area contributed by atoms with Crippen molar-refractivity contribution in [3.63, 3.8) is 0 Å². The van der Waals surface area contributed by atoms with Gasteiger partial charge in [-0.05, 0) is 65.3 Å². The molecule has 1 amide bonds. The molecule has 0 unspecified atom stereocenters. The summed E-state index contributed by atoms with van der Waals surface area (Å²) < 4.78 is 32.6. The number of fused-ring (bicyclic) bond motifs is 1. The Morgan fingerprint density at radius 1 is 0.981 bits per heavy atom. The Balaban J connectivity index is 1.14. The smallest absolute Gasteiger partial charge is 0.230 e. The average Bonchev–Trinajstić information content (AvgIpc) is 3.54. The average molecular weight is 718 g/mol. The van der Waals surface area contributed by atoms with Gasteiger partial charge in [-0.25, -0.2) is 14.4 Å². The highest BCUT2D eigenvalue weighted by Crippen LogP contribution is 2.37. The van der Waals surface area contributed by atoms with Crippen molar-refractivity contribution in [3.8, 4) is 11.5 Å². The predicted molar refractivity (Wildman–Crippen MR) is 200 cm³/mol. The molecule has 2 aromatic heterocycles. The van der Waals surface area contributed by atoms with E-state index in [0.29, 0.717) is 53.2 Å². The van der Waals surface area contributed by atoms with Gasteiger partial charge in [-0.15, -0.1) is 0 Å². The van der Waals surface area contributed by atoms with Gasteiger partial charge in [0.15, 0.2) is 5.82 Å². The van der Waals surface area contributed by atoms with Crippen molar-refractivity contribution in [3.05, 3.63) is 60.3 Å². The van der Waals surface area contributed by atoms with Crippen LogP contribution in [0.15, 0.2) is 48.8 Å². The van der Waals surface area contributed by atoms with Gasteiger partial charge in [-0.3, -0.25) is 9.89 Å². The number of piperazine rings is 1. The number of nitrogens with one attached hydrogen (secondary N) is 3. The molecule has 2 aromatic carbocycles. The predicted octanol–water partition coefficient (Wildman–Crippen LogP) is 5.09. The van der Waals surface area contributed by atoms with E-state index in [2.05, 4.69) is 73.3 Å². The molecule has 6 rings (SSSR count). The summed E-state index contributed by atoms with van der Waals surface area (Å²) in [5, 5.41) is 14.0. The number of anilines is 3. The maximum absolute atomic E-state index is 13.6. The second-order valence-electron chi connectivity index (χ2n) is 14.6. The first-order valence-electron chi connectivity index (χ1n) is 18.3. The standard InChI is InChI=1S/C38H52FN9O4/c1-38(2,3)51-20-18-48-12-9-30(10-13-48)52-33-25-31(50-19-6-11-47-16-14-46(4)15-17-47)24-32-36(33)37(41-26-40-32)43-34-22-29(44-45-34)23-35(49)42-28-8-5-7-27(39)21-28/h5,7-8,21-22,24-26,30H,6,9-20,23H2,1-4H3,(H,42,49)(H2,40,41,43,44,45). The molecule has 2 fully saturated rings. The zero-order valence-corrected chi connectivity index (χ0v) is 30.8. The van der Waals surface area contributed by atoms with Crippen LogP contribution in [0.2, 0.25) is 0 Å². The number of carbonyl (C=O) groups is 1. The van der Waals surface area contributed by atoms with Gasteiger partial charge in [0, 0.05) is 81.9 Å². The number of aromatic nitrogens is 4. The third kappa shape index (κ3) is 11.1. The fourth-order valence-corrected chi connectivity index (χ4v) is 6.44. The molecule has 14 heteroatoms. The van der Waals surface area contributed by atoms with Crippen molar-refractivity contribution in [1.82, 2.24) is 34.9 Å². The minimum atomic E-state index is -0.418. The van der Waals surface area contributed by atoms with Crippen LogP contribution >= 0.6 is 0 Å². The third-order valence-corrected chi connectivity index (χ3v) is 9.27. The molecule has 0 radical (unpaired) electrons. The number of amides is 1. The first-order valence-corrected chi connectivity index (χ1v) is 18.3. The van der Waals surface area contributed by atoms with Crippen LogP contribution in [0.1, 0.15) is 45.7 Å². The van der Waals surface area contributed by atoms with E-state index in [0.717, 1.165) is 77.0 Å². The van der Waals surface area contributed by atoms with Crippen molar-refractivity contribution in [2.75, 3.05) is 83.3 Å². The van der Waals surface area contributed by atoms with Gasteiger partial charge < -0.3 is 39.5 Å². The van der Waals surface area contributed by atoms with Gasteiger partial charge in [-0.1, -0.05) is 6.07 Å². The molecule has 2 aliphatic rings. The Hall–Kier alpha value is -4.37. The molecule has 3 N–H and O–H groups in total. The number of nitrogens with zero attached hydrogens (tertiary/aromatic N) is 6. The number of halogens is 1. The van der Waals surface area contributed by atoms with E-state index in [1.54, 1.807) is 18.2 Å². The summed E-state index contributed by atoms with van der Waals surface area (Å²) in [5.41, 5.74) is 1.51. The van der Waals surface area contributed by atoms with Crippen LogP contribution in [0.25, 0.3) is 10.9 Å². The second kappa shape index (κ2) is 17.4. The summed E-state index contributed by atoms with van der Waals surface area (Å²) >= 11 is 0. The number of piperidine rings is 1. The minimum Gasteiger partial charge on any atom is -0.493 e. The maximum atomic E-state index is 13.6. The van der Waals surface area contributed by atoms with Crippen LogP contribution < -0.4 is 20.1 Å². The first-order chi connectivity index (χ1) is 25.1. The lowest BCUT2D eigenvalue weighted by Crippen LogP contribution is -2.44. The quantitative estimate of drug-likeness (QED) is 0.142. The lowest BCUT2D eigenvalue weighted by atomic mass is 10.1. The molecule has 0 aliphatic carbocycles. The second-order valence-corrected chi connectivity index (χ2v) is 14.6. The number of hydrogen-bond acceptors (Lipinski definition) is 11. The van der Waals surface area contributed by atoms with Crippen LogP contribution in [-0.4, -0.2) is 125 Å². The number of likely N-dealkylation sites (tertiary alicyclic amines) is 1. The minimum absolute atomic E-state index is 0.0112. The fraction of sp³-hybridized carbons (Fsp3) is 0.526. The van der Waals surface area contributed by atoms with Crippen molar-refractivity contribution in [2.24, 2.45) is 0 Å². The van der Waals surface area contributed by atoms with E-state index in [4.69, 9.17) is 14.2 Å². The highest BCUT2D eigenvalue weighted by Gasteiger charge is 2.24. The highest BCUT2D eigenvalue weighted by atomic mass is 19.1. The number of carbonyl (C=O) groups excluding carboxylic acids is 1. The Morgan fingerprint density at radius 2 is 1.77 bits per heavy atom. The number of H-pyrrole nitrogens is 1. The Bertz CT molecular complexity index is 1760. The largest absolute Gasteiger partial charge is 0.493 e. The summed E-state index contributed by atoms with van der Waals surface area (Å²) in [6.07, 6.45) is 4.23.